The number of aromatic nitrogens is 1. The predicted octanol–water partition coefficient (Wildman–Crippen LogP) is 4.19. The van der Waals surface area contributed by atoms with Crippen LogP contribution < -0.4 is 10.1 Å². The van der Waals surface area contributed by atoms with Crippen LogP contribution in [0.5, 0.6) is 5.75 Å². The van der Waals surface area contributed by atoms with E-state index < -0.39 is 0 Å². The number of ether oxygens (including phenoxy) is 2. The third kappa shape index (κ3) is 5.78. The Hall–Kier alpha value is -1.96. The number of hydrogen-bond acceptors (Lipinski definition) is 6. The quantitative estimate of drug-likeness (QED) is 0.735. The smallest absolute Gasteiger partial charge is 0.257 e. The van der Waals surface area contributed by atoms with E-state index in [-0.39, 0.29) is 12.0 Å². The van der Waals surface area contributed by atoms with Crippen LogP contribution in [0.3, 0.4) is 0 Å². The van der Waals surface area contributed by atoms with Crippen molar-refractivity contribution in [2.75, 3.05) is 31.6 Å². The molecule has 0 bridgehead atoms. The molecule has 3 heterocycles. The van der Waals surface area contributed by atoms with Crippen molar-refractivity contribution in [3.05, 3.63) is 40.9 Å². The molecule has 2 saturated heterocycles. The molecule has 0 saturated carbocycles. The van der Waals surface area contributed by atoms with E-state index in [4.69, 9.17) is 9.47 Å². The number of amides is 1. The number of likely N-dealkylation sites (tertiary alicyclic amines) is 1. The monoisotopic (exact) mass is 415 g/mol. The molecule has 1 aromatic heterocycles. The lowest BCUT2D eigenvalue weighted by Crippen LogP contribution is -2.32. The molecule has 0 aliphatic carbocycles. The summed E-state index contributed by atoms with van der Waals surface area (Å²) in [4.78, 5) is 19.5. The topological polar surface area (TPSA) is 63.7 Å². The Labute approximate surface area is 176 Å². The molecule has 1 atom stereocenters. The highest BCUT2D eigenvalue weighted by molar-refractivity contribution is 7.13. The first-order chi connectivity index (χ1) is 14.2. The SMILES string of the molecule is CC1CCN(Cc2csc(NC(=O)c3ccc(OCC4CCCO4)cc3)n2)CC1. The molecule has 1 unspecified atom stereocenters. The number of carbonyl (C=O) groups is 1. The molecule has 4 rings (SSSR count). The average molecular weight is 416 g/mol. The first-order valence-electron chi connectivity index (χ1n) is 10.5. The molecule has 0 spiro atoms. The largest absolute Gasteiger partial charge is 0.491 e. The lowest BCUT2D eigenvalue weighted by molar-refractivity contribution is 0.0679. The van der Waals surface area contributed by atoms with Crippen LogP contribution in [-0.2, 0) is 11.3 Å². The van der Waals surface area contributed by atoms with Gasteiger partial charge in [0.1, 0.15) is 12.4 Å². The molecule has 7 heteroatoms. The van der Waals surface area contributed by atoms with Crippen LogP contribution in [0.2, 0.25) is 0 Å². The Morgan fingerprint density at radius 1 is 1.28 bits per heavy atom. The second-order valence-electron chi connectivity index (χ2n) is 8.03. The van der Waals surface area contributed by atoms with Gasteiger partial charge < -0.3 is 9.47 Å². The van der Waals surface area contributed by atoms with Crippen molar-refractivity contribution in [3.63, 3.8) is 0 Å². The Balaban J connectivity index is 1.26. The third-order valence-corrected chi connectivity index (χ3v) is 6.42. The molecule has 2 aliphatic rings. The zero-order valence-electron chi connectivity index (χ0n) is 16.9. The van der Waals surface area contributed by atoms with Gasteiger partial charge >= 0.3 is 0 Å². The molecule has 156 valence electrons. The van der Waals surface area contributed by atoms with Crippen LogP contribution in [0.25, 0.3) is 0 Å². The zero-order chi connectivity index (χ0) is 20.1. The number of anilines is 1. The molecule has 0 radical (unpaired) electrons. The number of thiazole rings is 1. The number of piperidine rings is 1. The standard InChI is InChI=1S/C22H29N3O3S/c1-16-8-10-25(11-9-16)13-18-15-29-22(23-18)24-21(26)17-4-6-19(7-5-17)28-14-20-3-2-12-27-20/h4-7,15-16,20H,2-3,8-14H2,1H3,(H,23,24,26). The molecule has 1 amide bonds. The van der Waals surface area contributed by atoms with Gasteiger partial charge in [-0.25, -0.2) is 4.98 Å². The molecule has 2 aromatic rings. The lowest BCUT2D eigenvalue weighted by Gasteiger charge is -2.29. The molecule has 1 N–H and O–H groups in total. The summed E-state index contributed by atoms with van der Waals surface area (Å²) in [7, 11) is 0. The van der Waals surface area contributed by atoms with Gasteiger partial charge in [-0.2, -0.15) is 0 Å². The minimum Gasteiger partial charge on any atom is -0.491 e. The minimum absolute atomic E-state index is 0.150. The van der Waals surface area contributed by atoms with Crippen molar-refractivity contribution in [2.45, 2.75) is 45.3 Å². The fourth-order valence-electron chi connectivity index (χ4n) is 3.72. The number of benzene rings is 1. The first-order valence-corrected chi connectivity index (χ1v) is 11.4. The maximum atomic E-state index is 12.5. The molecule has 2 aliphatic heterocycles. The summed E-state index contributed by atoms with van der Waals surface area (Å²) in [5.41, 5.74) is 1.62. The summed E-state index contributed by atoms with van der Waals surface area (Å²) in [6.07, 6.45) is 4.84. The number of nitrogens with zero attached hydrogens (tertiary/aromatic N) is 2. The van der Waals surface area contributed by atoms with Crippen molar-refractivity contribution in [3.8, 4) is 5.75 Å². The van der Waals surface area contributed by atoms with Gasteiger partial charge in [-0.15, -0.1) is 11.3 Å². The molecule has 1 aromatic carbocycles. The summed E-state index contributed by atoms with van der Waals surface area (Å²) in [5, 5.41) is 5.59. The Morgan fingerprint density at radius 3 is 2.79 bits per heavy atom. The van der Waals surface area contributed by atoms with E-state index in [1.807, 2.05) is 17.5 Å². The summed E-state index contributed by atoms with van der Waals surface area (Å²) in [6, 6.07) is 7.22. The highest BCUT2D eigenvalue weighted by Crippen LogP contribution is 2.22. The van der Waals surface area contributed by atoms with Gasteiger partial charge in [0.15, 0.2) is 5.13 Å². The van der Waals surface area contributed by atoms with Crippen LogP contribution in [0.1, 0.15) is 48.7 Å². The van der Waals surface area contributed by atoms with Crippen molar-refractivity contribution < 1.29 is 14.3 Å². The highest BCUT2D eigenvalue weighted by atomic mass is 32.1. The Bertz CT molecular complexity index is 794. The van der Waals surface area contributed by atoms with Gasteiger partial charge in [-0.1, -0.05) is 6.92 Å². The Kier molecular flexibility index (Phi) is 6.79. The predicted molar refractivity (Wildman–Crippen MR) is 115 cm³/mol. The van der Waals surface area contributed by atoms with Gasteiger partial charge in [0.25, 0.3) is 5.91 Å². The van der Waals surface area contributed by atoms with E-state index in [2.05, 4.69) is 22.1 Å². The summed E-state index contributed by atoms with van der Waals surface area (Å²) in [6.45, 7) is 6.81. The fourth-order valence-corrected chi connectivity index (χ4v) is 4.42. The second kappa shape index (κ2) is 9.69. The summed E-state index contributed by atoms with van der Waals surface area (Å²) < 4.78 is 11.3. The lowest BCUT2D eigenvalue weighted by atomic mass is 9.99. The molecule has 2 fully saturated rings. The van der Waals surface area contributed by atoms with Gasteiger partial charge in [-0.3, -0.25) is 15.0 Å². The van der Waals surface area contributed by atoms with E-state index in [0.717, 1.165) is 56.4 Å². The normalized spacial score (nSPS) is 20.7. The maximum absolute atomic E-state index is 12.5. The van der Waals surface area contributed by atoms with E-state index in [1.54, 1.807) is 12.1 Å². The summed E-state index contributed by atoms with van der Waals surface area (Å²) in [5.74, 6) is 1.43. The van der Waals surface area contributed by atoms with Gasteiger partial charge in [0.05, 0.1) is 11.8 Å². The van der Waals surface area contributed by atoms with E-state index >= 15 is 0 Å². The van der Waals surface area contributed by atoms with Crippen molar-refractivity contribution in [2.24, 2.45) is 5.92 Å². The number of nitrogens with one attached hydrogen (secondary N) is 1. The molecule has 29 heavy (non-hydrogen) atoms. The minimum atomic E-state index is -0.150. The van der Waals surface area contributed by atoms with Crippen LogP contribution >= 0.6 is 11.3 Å². The zero-order valence-corrected chi connectivity index (χ0v) is 17.7. The number of carbonyl (C=O) groups excluding carboxylic acids is 1. The van der Waals surface area contributed by atoms with Gasteiger partial charge in [-0.05, 0) is 69.0 Å². The maximum Gasteiger partial charge on any atom is 0.257 e. The van der Waals surface area contributed by atoms with Crippen LogP contribution in [0.15, 0.2) is 29.6 Å². The van der Waals surface area contributed by atoms with Crippen molar-refractivity contribution in [1.29, 1.82) is 0 Å². The average Bonchev–Trinajstić information content (AvgIpc) is 3.41. The third-order valence-electron chi connectivity index (χ3n) is 5.61. The highest BCUT2D eigenvalue weighted by Gasteiger charge is 2.18. The summed E-state index contributed by atoms with van der Waals surface area (Å²) >= 11 is 1.48. The molecular weight excluding hydrogens is 386 g/mol. The number of rotatable bonds is 7. The van der Waals surface area contributed by atoms with Crippen LogP contribution in [0, 0.1) is 5.92 Å². The first kappa shape index (κ1) is 20.3. The van der Waals surface area contributed by atoms with E-state index in [1.165, 1.54) is 24.2 Å². The fraction of sp³-hybridized carbons (Fsp3) is 0.545. The van der Waals surface area contributed by atoms with E-state index in [0.29, 0.717) is 17.3 Å². The van der Waals surface area contributed by atoms with Gasteiger partial charge in [0, 0.05) is 24.1 Å². The van der Waals surface area contributed by atoms with E-state index in [9.17, 15) is 4.79 Å². The molecular formula is C22H29N3O3S. The van der Waals surface area contributed by atoms with Crippen molar-refractivity contribution in [1.82, 2.24) is 9.88 Å². The van der Waals surface area contributed by atoms with Crippen LogP contribution in [0.4, 0.5) is 5.13 Å². The Morgan fingerprint density at radius 2 is 2.07 bits per heavy atom. The van der Waals surface area contributed by atoms with Gasteiger partial charge in [0.2, 0.25) is 0 Å². The molecule has 6 nitrogen and oxygen atoms in total. The van der Waals surface area contributed by atoms with Crippen molar-refractivity contribution >= 4 is 22.4 Å². The number of hydrogen-bond donors (Lipinski definition) is 1. The second-order valence-corrected chi connectivity index (χ2v) is 8.89. The van der Waals surface area contributed by atoms with Crippen LogP contribution in [-0.4, -0.2) is 48.2 Å².